The molecule has 3 aromatic rings. The summed E-state index contributed by atoms with van der Waals surface area (Å²) in [5.74, 6) is 0.647. The Balaban J connectivity index is 1.26. The molecule has 0 saturated carbocycles. The number of thiazole rings is 1. The first-order valence-electron chi connectivity index (χ1n) is 10.1. The first-order valence-corrected chi connectivity index (χ1v) is 11.8. The number of aromatic nitrogens is 1. The third-order valence-corrected chi connectivity index (χ3v) is 8.37. The lowest BCUT2D eigenvalue weighted by molar-refractivity contribution is -0.134. The van der Waals surface area contributed by atoms with Gasteiger partial charge in [-0.25, -0.2) is 4.98 Å². The Hall–Kier alpha value is -1.76. The monoisotopic (exact) mass is 411 g/mol. The van der Waals surface area contributed by atoms with Crippen molar-refractivity contribution >= 4 is 38.8 Å². The van der Waals surface area contributed by atoms with Crippen LogP contribution in [0.15, 0.2) is 35.7 Å². The molecule has 1 fully saturated rings. The van der Waals surface area contributed by atoms with E-state index in [1.165, 1.54) is 20.1 Å². The second kappa shape index (κ2) is 7.58. The molecule has 2 aromatic heterocycles. The zero-order valence-corrected chi connectivity index (χ0v) is 17.8. The first kappa shape index (κ1) is 18.3. The molecule has 0 bridgehead atoms. The van der Waals surface area contributed by atoms with E-state index in [4.69, 9.17) is 4.98 Å². The minimum atomic E-state index is 0.274. The number of thiophene rings is 1. The van der Waals surface area contributed by atoms with Gasteiger partial charge >= 0.3 is 0 Å². The zero-order chi connectivity index (χ0) is 19.1. The van der Waals surface area contributed by atoms with E-state index in [1.807, 2.05) is 17.4 Å². The molecular weight excluding hydrogens is 386 g/mol. The molecule has 28 heavy (non-hydrogen) atoms. The van der Waals surface area contributed by atoms with Crippen LogP contribution in [0.4, 0.5) is 0 Å². The quantitative estimate of drug-likeness (QED) is 0.628. The highest BCUT2D eigenvalue weighted by Gasteiger charge is 2.31. The number of nitrogens with zero attached hydrogens (tertiary/aromatic N) is 3. The minimum absolute atomic E-state index is 0.274. The van der Waals surface area contributed by atoms with E-state index in [2.05, 4.69) is 46.4 Å². The molecule has 0 unspecified atom stereocenters. The number of hydrogen-bond donors (Lipinski definition) is 0. The van der Waals surface area contributed by atoms with Gasteiger partial charge in [-0.05, 0) is 55.3 Å². The van der Waals surface area contributed by atoms with Crippen molar-refractivity contribution in [3.05, 3.63) is 51.2 Å². The molecule has 146 valence electrons. The molecule has 5 rings (SSSR count). The van der Waals surface area contributed by atoms with Crippen molar-refractivity contribution in [2.24, 2.45) is 0 Å². The van der Waals surface area contributed by atoms with Gasteiger partial charge < -0.3 is 4.90 Å². The Labute approximate surface area is 173 Å². The van der Waals surface area contributed by atoms with Crippen LogP contribution in [0.5, 0.6) is 0 Å². The average molecular weight is 412 g/mol. The fraction of sp³-hybridized carbons (Fsp3) is 0.455. The van der Waals surface area contributed by atoms with Crippen LogP contribution in [0.2, 0.25) is 0 Å². The van der Waals surface area contributed by atoms with Crippen molar-refractivity contribution in [3.8, 4) is 0 Å². The van der Waals surface area contributed by atoms with Crippen LogP contribution in [0.1, 0.15) is 47.2 Å². The second-order valence-electron chi connectivity index (χ2n) is 7.89. The van der Waals surface area contributed by atoms with Gasteiger partial charge in [0.05, 0.1) is 21.8 Å². The number of carbonyl (C=O) groups excluding carboxylic acids is 1. The molecule has 0 radical (unpaired) electrons. The van der Waals surface area contributed by atoms with Crippen molar-refractivity contribution in [2.75, 3.05) is 26.2 Å². The van der Waals surface area contributed by atoms with E-state index in [1.54, 1.807) is 11.3 Å². The van der Waals surface area contributed by atoms with Gasteiger partial charge in [-0.2, -0.15) is 0 Å². The normalized spacial score (nSPS) is 23.1. The molecule has 1 aromatic carbocycles. The Morgan fingerprint density at radius 2 is 2.14 bits per heavy atom. The molecule has 2 aliphatic rings. The summed E-state index contributed by atoms with van der Waals surface area (Å²) in [6.45, 7) is 5.44. The number of fused-ring (bicyclic) bond motifs is 2. The van der Waals surface area contributed by atoms with E-state index in [0.29, 0.717) is 18.5 Å². The summed E-state index contributed by atoms with van der Waals surface area (Å²) in [5, 5.41) is 3.37. The minimum Gasteiger partial charge on any atom is -0.341 e. The van der Waals surface area contributed by atoms with Crippen molar-refractivity contribution in [3.63, 3.8) is 0 Å². The van der Waals surface area contributed by atoms with Gasteiger partial charge in [0.1, 0.15) is 0 Å². The summed E-state index contributed by atoms with van der Waals surface area (Å²) >= 11 is 3.64. The van der Waals surface area contributed by atoms with Gasteiger partial charge in [0.25, 0.3) is 0 Å². The van der Waals surface area contributed by atoms with E-state index in [-0.39, 0.29) is 5.91 Å². The largest absolute Gasteiger partial charge is 0.341 e. The lowest BCUT2D eigenvalue weighted by Crippen LogP contribution is -2.46. The number of carbonyl (C=O) groups is 1. The fourth-order valence-electron chi connectivity index (χ4n) is 4.52. The van der Waals surface area contributed by atoms with Crippen LogP contribution in [0.3, 0.4) is 0 Å². The molecule has 0 N–H and O–H groups in total. The van der Waals surface area contributed by atoms with Crippen LogP contribution in [-0.2, 0) is 11.2 Å². The maximum Gasteiger partial charge on any atom is 0.236 e. The van der Waals surface area contributed by atoms with Gasteiger partial charge in [-0.3, -0.25) is 9.69 Å². The summed E-state index contributed by atoms with van der Waals surface area (Å²) < 4.78 is 1.25. The Bertz CT molecular complexity index is 962. The molecule has 6 heteroatoms. The fourth-order valence-corrected chi connectivity index (χ4v) is 6.58. The topological polar surface area (TPSA) is 36.4 Å². The number of likely N-dealkylation sites (tertiary alicyclic amines) is 1. The molecule has 0 aliphatic carbocycles. The molecule has 1 saturated heterocycles. The Morgan fingerprint density at radius 3 is 3.04 bits per heavy atom. The summed E-state index contributed by atoms with van der Waals surface area (Å²) in [6.07, 6.45) is 3.26. The smallest absolute Gasteiger partial charge is 0.236 e. The van der Waals surface area contributed by atoms with Crippen LogP contribution >= 0.6 is 22.7 Å². The van der Waals surface area contributed by atoms with Crippen molar-refractivity contribution in [1.82, 2.24) is 14.8 Å². The molecule has 1 amide bonds. The summed E-state index contributed by atoms with van der Waals surface area (Å²) in [7, 11) is 0. The van der Waals surface area contributed by atoms with E-state index >= 15 is 0 Å². The first-order chi connectivity index (χ1) is 13.7. The SMILES string of the molecule is C[C@H]1c2ccsc2CCN1CC(=O)N1CCC[C@@H](c2nc3ccccc3s2)C1. The maximum atomic E-state index is 13.1. The lowest BCUT2D eigenvalue weighted by Gasteiger charge is -2.37. The lowest BCUT2D eigenvalue weighted by atomic mass is 9.98. The number of para-hydroxylation sites is 1. The number of amides is 1. The maximum absolute atomic E-state index is 13.1. The van der Waals surface area contributed by atoms with E-state index < -0.39 is 0 Å². The Morgan fingerprint density at radius 1 is 1.25 bits per heavy atom. The van der Waals surface area contributed by atoms with E-state index in [9.17, 15) is 4.79 Å². The molecule has 2 aliphatic heterocycles. The molecule has 2 atom stereocenters. The van der Waals surface area contributed by atoms with Gasteiger partial charge in [0.2, 0.25) is 5.91 Å². The van der Waals surface area contributed by atoms with Gasteiger partial charge in [-0.1, -0.05) is 12.1 Å². The number of piperidine rings is 1. The van der Waals surface area contributed by atoms with E-state index in [0.717, 1.165) is 44.4 Å². The van der Waals surface area contributed by atoms with Gasteiger partial charge in [0.15, 0.2) is 0 Å². The van der Waals surface area contributed by atoms with Crippen LogP contribution in [-0.4, -0.2) is 46.9 Å². The van der Waals surface area contributed by atoms with Crippen molar-refractivity contribution in [2.45, 2.75) is 38.1 Å². The van der Waals surface area contributed by atoms with Crippen molar-refractivity contribution < 1.29 is 4.79 Å². The van der Waals surface area contributed by atoms with Gasteiger partial charge in [0, 0.05) is 36.5 Å². The molecule has 4 heterocycles. The van der Waals surface area contributed by atoms with Crippen LogP contribution in [0.25, 0.3) is 10.2 Å². The van der Waals surface area contributed by atoms with Crippen LogP contribution < -0.4 is 0 Å². The zero-order valence-electron chi connectivity index (χ0n) is 16.1. The predicted molar refractivity (Wildman–Crippen MR) is 116 cm³/mol. The Kier molecular flexibility index (Phi) is 4.95. The van der Waals surface area contributed by atoms with Crippen LogP contribution in [0, 0.1) is 0 Å². The summed E-state index contributed by atoms with van der Waals surface area (Å²) in [4.78, 5) is 23.8. The highest BCUT2D eigenvalue weighted by molar-refractivity contribution is 7.18. The number of hydrogen-bond acceptors (Lipinski definition) is 5. The highest BCUT2D eigenvalue weighted by Crippen LogP contribution is 2.34. The second-order valence-corrected chi connectivity index (χ2v) is 9.96. The summed E-state index contributed by atoms with van der Waals surface area (Å²) in [5.41, 5.74) is 2.50. The molecule has 4 nitrogen and oxygen atoms in total. The number of rotatable bonds is 3. The highest BCUT2D eigenvalue weighted by atomic mass is 32.1. The van der Waals surface area contributed by atoms with Crippen molar-refractivity contribution in [1.29, 1.82) is 0 Å². The molecular formula is C22H25N3OS2. The average Bonchev–Trinajstić information content (AvgIpc) is 3.37. The third kappa shape index (κ3) is 3.38. The number of benzene rings is 1. The van der Waals surface area contributed by atoms with Gasteiger partial charge in [-0.15, -0.1) is 22.7 Å². The molecule has 0 spiro atoms. The predicted octanol–water partition coefficient (Wildman–Crippen LogP) is 4.68. The summed E-state index contributed by atoms with van der Waals surface area (Å²) in [6, 6.07) is 10.9. The standard InChI is InChI=1S/C22H25N3OS2/c1-15-17-9-12-27-19(17)8-11-24(15)14-21(26)25-10-4-5-16(13-25)22-23-18-6-2-3-7-20(18)28-22/h2-3,6-7,9,12,15-16H,4-5,8,10-11,13-14H2,1H3/t15-,16+/m0/s1. The third-order valence-electron chi connectivity index (χ3n) is 6.18.